The first kappa shape index (κ1) is 20.1. The van der Waals surface area contributed by atoms with Gasteiger partial charge < -0.3 is 16.0 Å². The third-order valence-corrected chi connectivity index (χ3v) is 4.53. The Hall–Kier alpha value is -3.60. The van der Waals surface area contributed by atoms with Crippen molar-refractivity contribution in [3.8, 4) is 0 Å². The Morgan fingerprint density at radius 3 is 2.34 bits per heavy atom. The van der Waals surface area contributed by atoms with E-state index in [-0.39, 0.29) is 18.4 Å². The molecule has 0 heterocycles. The van der Waals surface area contributed by atoms with Gasteiger partial charge in [-0.25, -0.2) is 0 Å². The van der Waals surface area contributed by atoms with Crippen molar-refractivity contribution in [2.24, 2.45) is 0 Å². The van der Waals surface area contributed by atoms with Crippen LogP contribution in [-0.2, 0) is 17.8 Å². The summed E-state index contributed by atoms with van der Waals surface area (Å²) in [4.78, 5) is 24.9. The Bertz CT molecular complexity index is 971. The summed E-state index contributed by atoms with van der Waals surface area (Å²) >= 11 is 0. The van der Waals surface area contributed by atoms with Crippen molar-refractivity contribution in [1.82, 2.24) is 5.32 Å². The van der Waals surface area contributed by atoms with E-state index >= 15 is 0 Å². The fourth-order valence-corrected chi connectivity index (χ4v) is 2.96. The lowest BCUT2D eigenvalue weighted by molar-refractivity contribution is -0.114. The number of hydrogen-bond acceptors (Lipinski definition) is 3. The molecular formula is C24H25N3O2. The van der Waals surface area contributed by atoms with E-state index < -0.39 is 0 Å². The highest BCUT2D eigenvalue weighted by molar-refractivity contribution is 6.00. The molecule has 0 unspecified atom stereocenters. The van der Waals surface area contributed by atoms with Gasteiger partial charge in [0.2, 0.25) is 5.91 Å². The van der Waals surface area contributed by atoms with Gasteiger partial charge >= 0.3 is 0 Å². The molecule has 0 atom stereocenters. The number of carbonyl (C=O) groups excluding carboxylic acids is 2. The quantitative estimate of drug-likeness (QED) is 0.542. The van der Waals surface area contributed by atoms with Gasteiger partial charge in [0.1, 0.15) is 0 Å². The first-order chi connectivity index (χ1) is 14.2. The van der Waals surface area contributed by atoms with E-state index in [0.29, 0.717) is 17.8 Å². The predicted molar refractivity (Wildman–Crippen MR) is 117 cm³/mol. The van der Waals surface area contributed by atoms with Gasteiger partial charge in [-0.3, -0.25) is 9.59 Å². The SMILES string of the molecule is CCc1cccc(NC(=O)CNc2ccccc2C(=O)NCc2ccccc2)c1. The molecule has 0 bridgehead atoms. The number of anilines is 2. The average molecular weight is 387 g/mol. The number of aryl methyl sites for hydroxylation is 1. The van der Waals surface area contributed by atoms with E-state index in [1.54, 1.807) is 18.2 Å². The van der Waals surface area contributed by atoms with Crippen LogP contribution in [0, 0.1) is 0 Å². The third kappa shape index (κ3) is 5.94. The van der Waals surface area contributed by atoms with Crippen molar-refractivity contribution in [1.29, 1.82) is 0 Å². The zero-order valence-electron chi connectivity index (χ0n) is 16.4. The second-order valence-corrected chi connectivity index (χ2v) is 6.67. The molecule has 0 aliphatic carbocycles. The van der Waals surface area contributed by atoms with E-state index in [2.05, 4.69) is 22.9 Å². The first-order valence-corrected chi connectivity index (χ1v) is 9.69. The van der Waals surface area contributed by atoms with Gasteiger partial charge in [-0.1, -0.05) is 61.5 Å². The van der Waals surface area contributed by atoms with Crippen LogP contribution in [0.25, 0.3) is 0 Å². The number of rotatable bonds is 8. The minimum atomic E-state index is -0.187. The molecule has 5 heteroatoms. The fraction of sp³-hybridized carbons (Fsp3) is 0.167. The van der Waals surface area contributed by atoms with E-state index in [1.165, 1.54) is 0 Å². The van der Waals surface area contributed by atoms with Crippen LogP contribution in [0.15, 0.2) is 78.9 Å². The summed E-state index contributed by atoms with van der Waals surface area (Å²) in [5.41, 5.74) is 4.08. The summed E-state index contributed by atoms with van der Waals surface area (Å²) in [7, 11) is 0. The summed E-state index contributed by atoms with van der Waals surface area (Å²) in [6, 6.07) is 24.7. The highest BCUT2D eigenvalue weighted by Gasteiger charge is 2.12. The van der Waals surface area contributed by atoms with Gasteiger partial charge in [-0.15, -0.1) is 0 Å². The van der Waals surface area contributed by atoms with Crippen LogP contribution in [0.3, 0.4) is 0 Å². The molecule has 0 aliphatic heterocycles. The Morgan fingerprint density at radius 1 is 0.828 bits per heavy atom. The molecule has 2 amide bonds. The number of carbonyl (C=O) groups is 2. The summed E-state index contributed by atoms with van der Waals surface area (Å²) < 4.78 is 0. The number of benzene rings is 3. The normalized spacial score (nSPS) is 10.2. The van der Waals surface area contributed by atoms with Gasteiger partial charge in [0.15, 0.2) is 0 Å². The highest BCUT2D eigenvalue weighted by atomic mass is 16.2. The average Bonchev–Trinajstić information content (AvgIpc) is 2.77. The summed E-state index contributed by atoms with van der Waals surface area (Å²) in [6.07, 6.45) is 0.910. The highest BCUT2D eigenvalue weighted by Crippen LogP contribution is 2.16. The van der Waals surface area contributed by atoms with Crippen LogP contribution < -0.4 is 16.0 Å². The van der Waals surface area contributed by atoms with Crippen LogP contribution in [0.5, 0.6) is 0 Å². The third-order valence-electron chi connectivity index (χ3n) is 4.53. The molecule has 5 nitrogen and oxygen atoms in total. The molecule has 0 fully saturated rings. The van der Waals surface area contributed by atoms with Gasteiger partial charge in [-0.05, 0) is 41.8 Å². The molecule has 3 aromatic carbocycles. The van der Waals surface area contributed by atoms with Crippen molar-refractivity contribution in [2.45, 2.75) is 19.9 Å². The maximum atomic E-state index is 12.6. The maximum Gasteiger partial charge on any atom is 0.253 e. The van der Waals surface area contributed by atoms with Crippen molar-refractivity contribution < 1.29 is 9.59 Å². The van der Waals surface area contributed by atoms with Crippen molar-refractivity contribution in [2.75, 3.05) is 17.2 Å². The Kier molecular flexibility index (Phi) is 7.00. The topological polar surface area (TPSA) is 70.2 Å². The second-order valence-electron chi connectivity index (χ2n) is 6.67. The molecule has 148 valence electrons. The standard InChI is InChI=1S/C24H25N3O2/c1-2-18-11-8-12-20(15-18)27-23(28)17-25-22-14-7-6-13-21(22)24(29)26-16-19-9-4-3-5-10-19/h3-15,25H,2,16-17H2,1H3,(H,26,29)(H,27,28). The molecular weight excluding hydrogens is 362 g/mol. The lowest BCUT2D eigenvalue weighted by atomic mass is 10.1. The first-order valence-electron chi connectivity index (χ1n) is 9.69. The fourth-order valence-electron chi connectivity index (χ4n) is 2.96. The zero-order chi connectivity index (χ0) is 20.5. The molecule has 0 saturated heterocycles. The number of para-hydroxylation sites is 1. The largest absolute Gasteiger partial charge is 0.376 e. The molecule has 3 rings (SSSR count). The summed E-state index contributed by atoms with van der Waals surface area (Å²) in [5, 5.41) is 8.86. The van der Waals surface area contributed by atoms with Gasteiger partial charge in [0, 0.05) is 17.9 Å². The minimum absolute atomic E-state index is 0.0688. The van der Waals surface area contributed by atoms with Gasteiger partial charge in [-0.2, -0.15) is 0 Å². The summed E-state index contributed by atoms with van der Waals surface area (Å²) in [6.45, 7) is 2.59. The second kappa shape index (κ2) is 10.1. The lowest BCUT2D eigenvalue weighted by Crippen LogP contribution is -2.26. The van der Waals surface area contributed by atoms with E-state index in [0.717, 1.165) is 23.2 Å². The smallest absolute Gasteiger partial charge is 0.253 e. The van der Waals surface area contributed by atoms with Crippen LogP contribution in [0.1, 0.15) is 28.4 Å². The van der Waals surface area contributed by atoms with Crippen LogP contribution in [-0.4, -0.2) is 18.4 Å². The van der Waals surface area contributed by atoms with Crippen molar-refractivity contribution >= 4 is 23.2 Å². The maximum absolute atomic E-state index is 12.6. The predicted octanol–water partition coefficient (Wildman–Crippen LogP) is 4.23. The molecule has 3 aromatic rings. The lowest BCUT2D eigenvalue weighted by Gasteiger charge is -2.13. The zero-order valence-corrected chi connectivity index (χ0v) is 16.4. The molecule has 0 aromatic heterocycles. The minimum Gasteiger partial charge on any atom is -0.376 e. The number of hydrogen-bond donors (Lipinski definition) is 3. The molecule has 3 N–H and O–H groups in total. The molecule has 0 radical (unpaired) electrons. The molecule has 0 aliphatic rings. The molecule has 0 spiro atoms. The van der Waals surface area contributed by atoms with Crippen molar-refractivity contribution in [3.63, 3.8) is 0 Å². The summed E-state index contributed by atoms with van der Waals surface area (Å²) in [5.74, 6) is -0.356. The Balaban J connectivity index is 1.58. The van der Waals surface area contributed by atoms with Crippen LogP contribution in [0.4, 0.5) is 11.4 Å². The van der Waals surface area contributed by atoms with E-state index in [1.807, 2.05) is 60.7 Å². The Morgan fingerprint density at radius 2 is 1.55 bits per heavy atom. The van der Waals surface area contributed by atoms with E-state index in [9.17, 15) is 9.59 Å². The van der Waals surface area contributed by atoms with Gasteiger partial charge in [0.25, 0.3) is 5.91 Å². The van der Waals surface area contributed by atoms with Crippen molar-refractivity contribution in [3.05, 3.63) is 95.6 Å². The monoisotopic (exact) mass is 387 g/mol. The van der Waals surface area contributed by atoms with Crippen LogP contribution in [0.2, 0.25) is 0 Å². The Labute approximate surface area is 171 Å². The number of nitrogens with one attached hydrogen (secondary N) is 3. The van der Waals surface area contributed by atoms with Gasteiger partial charge in [0.05, 0.1) is 12.1 Å². The number of amides is 2. The van der Waals surface area contributed by atoms with E-state index in [4.69, 9.17) is 0 Å². The van der Waals surface area contributed by atoms with Crippen LogP contribution >= 0.6 is 0 Å². The molecule has 29 heavy (non-hydrogen) atoms. The molecule has 0 saturated carbocycles.